The highest BCUT2D eigenvalue weighted by Crippen LogP contribution is 2.77. The summed E-state index contributed by atoms with van der Waals surface area (Å²) in [6.07, 6.45) is 1.60. The molecule has 1 aromatic heterocycles. The number of ether oxygens (including phenoxy) is 3. The molecule has 65 heavy (non-hydrogen) atoms. The second-order valence-corrected chi connectivity index (χ2v) is 23.0. The topological polar surface area (TPSA) is 194 Å². The van der Waals surface area contributed by atoms with E-state index in [2.05, 4.69) is 22.4 Å². The van der Waals surface area contributed by atoms with Crippen LogP contribution in [0.2, 0.25) is 0 Å². The smallest absolute Gasteiger partial charge is 0.343 e. The van der Waals surface area contributed by atoms with Crippen molar-refractivity contribution in [1.29, 1.82) is 0 Å². The number of nitrogens with one attached hydrogen (secondary N) is 2. The number of esters is 1. The van der Waals surface area contributed by atoms with Crippen LogP contribution in [0.5, 0.6) is 11.5 Å². The second kappa shape index (κ2) is 14.4. The molecule has 0 amide bonds. The zero-order valence-corrected chi connectivity index (χ0v) is 37.6. The number of carbonyl (C=O) groups is 1. The van der Waals surface area contributed by atoms with Crippen LogP contribution >= 0.6 is 21.6 Å². The Bertz CT molecular complexity index is 2840. The average molecular weight is 919 g/mol. The highest BCUT2D eigenvalue weighted by molar-refractivity contribution is 8.76. The van der Waals surface area contributed by atoms with Gasteiger partial charge in [-0.2, -0.15) is 0 Å². The summed E-state index contributed by atoms with van der Waals surface area (Å²) in [4.78, 5) is 18.3. The Labute approximate surface area is 383 Å². The number of hydrogen-bond acceptors (Lipinski definition) is 13. The summed E-state index contributed by atoms with van der Waals surface area (Å²) in [5.74, 6) is -2.58. The molecule has 340 valence electrons. The van der Waals surface area contributed by atoms with Gasteiger partial charge < -0.3 is 55.2 Å². The van der Waals surface area contributed by atoms with E-state index >= 15 is 4.79 Å². The maximum Gasteiger partial charge on any atom is 0.343 e. The van der Waals surface area contributed by atoms with Crippen molar-refractivity contribution >= 4 is 60.0 Å². The van der Waals surface area contributed by atoms with Gasteiger partial charge in [0, 0.05) is 40.2 Å². The Morgan fingerprint density at radius 1 is 0.908 bits per heavy atom. The molecule has 12 nitrogen and oxygen atoms in total. The van der Waals surface area contributed by atoms with Gasteiger partial charge in [-0.15, -0.1) is 0 Å². The summed E-state index contributed by atoms with van der Waals surface area (Å²) in [5, 5.41) is 80.9. The van der Waals surface area contributed by atoms with E-state index < -0.39 is 77.1 Å². The average Bonchev–Trinajstić information content (AvgIpc) is 4.03. The van der Waals surface area contributed by atoms with Crippen LogP contribution in [0, 0.1) is 35.0 Å². The lowest BCUT2D eigenvalue weighted by Gasteiger charge is -2.68. The quantitative estimate of drug-likeness (QED) is 0.0459. The van der Waals surface area contributed by atoms with E-state index in [4.69, 9.17) is 14.2 Å². The van der Waals surface area contributed by atoms with Gasteiger partial charge in [-0.25, -0.2) is 4.79 Å². The number of benzene rings is 4. The Kier molecular flexibility index (Phi) is 9.21. The normalized spacial score (nSPS) is 42.3. The number of fused-ring (bicyclic) bond motifs is 10. The van der Waals surface area contributed by atoms with Crippen molar-refractivity contribution in [2.45, 2.75) is 104 Å². The highest BCUT2D eigenvalue weighted by Gasteiger charge is 2.83. The van der Waals surface area contributed by atoms with Gasteiger partial charge in [-0.3, -0.25) is 0 Å². The van der Waals surface area contributed by atoms with Crippen LogP contribution in [0.3, 0.4) is 0 Å². The molecular formula is C51H54N2O10S2. The van der Waals surface area contributed by atoms with Crippen molar-refractivity contribution in [2.24, 2.45) is 35.0 Å². The van der Waals surface area contributed by atoms with Crippen molar-refractivity contribution in [2.75, 3.05) is 18.6 Å². The first-order chi connectivity index (χ1) is 31.5. The van der Waals surface area contributed by atoms with Crippen LogP contribution in [0.15, 0.2) is 78.9 Å². The van der Waals surface area contributed by atoms with Gasteiger partial charge in [0.05, 0.1) is 35.4 Å². The molecule has 6 fully saturated rings. The number of carbonyl (C=O) groups excluding carboxylic acids is 1. The van der Waals surface area contributed by atoms with Crippen LogP contribution in [0.4, 0.5) is 0 Å². The van der Waals surface area contributed by atoms with Crippen LogP contribution in [-0.2, 0) is 26.3 Å². The van der Waals surface area contributed by atoms with Crippen LogP contribution in [-0.4, -0.2) is 108 Å². The van der Waals surface area contributed by atoms with Crippen molar-refractivity contribution in [1.82, 2.24) is 10.3 Å². The third kappa shape index (κ3) is 5.17. The molecule has 5 heterocycles. The Morgan fingerprint density at radius 2 is 1.71 bits per heavy atom. The standard InChI is InChI=1S/C51H54N2O10S2/c1-52-39-23-65-64-22-27-17-29-8-7-28-14-15-48(49(28,29)35-10-9-30(55)19-31(27)35)44(57)34(39)20-33-36-11-13-40(56)51(60)50(36,59)46(62-45(33)48)43(63-51)47(58)61-42-38(21-54)53-37-12-6-26-16-24-4-2-3-5-25(24)18-32(26)41(37)42/h2-6,9-13,16,18-19,27-29,33-34,36,39-40,43-46,52-57,59-60H,7-8,14-15,17,20-23H2,1H3/t27-,28+,29+,33-,34-,36-,39-,40+,43+,44-,45+,46-,48+,49-,50+,51-/m0/s1. The molecule has 4 bridgehead atoms. The zero-order valence-electron chi connectivity index (χ0n) is 35.9. The first kappa shape index (κ1) is 41.5. The van der Waals surface area contributed by atoms with Gasteiger partial charge in [0.1, 0.15) is 18.0 Å². The number of hydrogen-bond donors (Lipinski definition) is 8. The third-order valence-electron chi connectivity index (χ3n) is 18.2. The summed E-state index contributed by atoms with van der Waals surface area (Å²) < 4.78 is 20.2. The second-order valence-electron chi connectivity index (χ2n) is 20.4. The van der Waals surface area contributed by atoms with E-state index in [0.717, 1.165) is 64.3 Å². The molecule has 4 aliphatic heterocycles. The first-order valence-corrected chi connectivity index (χ1v) is 25.8. The number of phenols is 1. The predicted octanol–water partition coefficient (Wildman–Crippen LogP) is 5.92. The summed E-state index contributed by atoms with van der Waals surface area (Å²) >= 11 is 0. The number of phenolic OH excluding ortho intramolecular Hbond substituents is 1. The summed E-state index contributed by atoms with van der Waals surface area (Å²) in [6, 6.07) is 21.7. The number of aliphatic hydroxyl groups excluding tert-OH is 3. The summed E-state index contributed by atoms with van der Waals surface area (Å²) in [5.41, 5.74) is -0.547. The van der Waals surface area contributed by atoms with Gasteiger partial charge in [0.25, 0.3) is 0 Å². The molecule has 0 radical (unpaired) electrons. The summed E-state index contributed by atoms with van der Waals surface area (Å²) in [7, 11) is 5.60. The minimum atomic E-state index is -2.65. The van der Waals surface area contributed by atoms with Gasteiger partial charge in [0.15, 0.2) is 17.5 Å². The van der Waals surface area contributed by atoms with E-state index in [9.17, 15) is 30.6 Å². The van der Waals surface area contributed by atoms with Crippen molar-refractivity contribution in [3.8, 4) is 11.5 Å². The fraction of sp³-hybridized carbons (Fsp3) is 0.510. The Morgan fingerprint density at radius 3 is 2.52 bits per heavy atom. The van der Waals surface area contributed by atoms with Crippen molar-refractivity contribution in [3.63, 3.8) is 0 Å². The van der Waals surface area contributed by atoms with Crippen LogP contribution in [0.1, 0.15) is 61.3 Å². The number of aliphatic hydroxyl groups is 5. The minimum Gasteiger partial charge on any atom is -0.508 e. The maximum atomic E-state index is 15.1. The lowest BCUT2D eigenvalue weighted by Crippen LogP contribution is -2.78. The monoisotopic (exact) mass is 918 g/mol. The molecular weight excluding hydrogens is 865 g/mol. The molecule has 3 saturated carbocycles. The minimum absolute atomic E-state index is 0.0919. The lowest BCUT2D eigenvalue weighted by atomic mass is 9.41. The number of aromatic hydroxyl groups is 1. The number of aromatic amines is 1. The van der Waals surface area contributed by atoms with Crippen LogP contribution in [0.25, 0.3) is 32.4 Å². The predicted molar refractivity (Wildman–Crippen MR) is 247 cm³/mol. The first-order valence-electron chi connectivity index (χ1n) is 23.3. The number of aromatic nitrogens is 1. The van der Waals surface area contributed by atoms with E-state index in [1.807, 2.05) is 66.4 Å². The Hall–Kier alpha value is -3.67. The Balaban J connectivity index is 0.979. The molecule has 9 aliphatic rings. The van der Waals surface area contributed by atoms with Gasteiger partial charge >= 0.3 is 5.97 Å². The fourth-order valence-electron chi connectivity index (χ4n) is 15.8. The van der Waals surface area contributed by atoms with E-state index in [1.54, 1.807) is 22.9 Å². The summed E-state index contributed by atoms with van der Waals surface area (Å²) in [6.45, 7) is -0.475. The SMILES string of the molecule is CN[C@H]1CSSC[C@@H]2C[C@H]3CC[C@@H]4CC[C@@]5([C@@H]6O[C@H]7[C@H](C(=O)Oc8c(CO)[nH]c9ccc%10cc%11ccccc%11cc%10c89)O[C@@]8(O)[C@H](O)C=C[C@@H]([C@@H]6C[C@@H]1[C@@H]5O)[C@@]78O)[C@@]43c1ccc(O)cc12. The molecule has 0 unspecified atom stereocenters. The molecule has 5 aromatic rings. The molecule has 8 N–H and O–H groups in total. The van der Waals surface area contributed by atoms with Crippen LogP contribution < -0.4 is 10.1 Å². The highest BCUT2D eigenvalue weighted by atomic mass is 33.1. The maximum absolute atomic E-state index is 15.1. The van der Waals surface area contributed by atoms with E-state index in [0.29, 0.717) is 23.7 Å². The molecule has 3 saturated heterocycles. The van der Waals surface area contributed by atoms with E-state index in [-0.39, 0.29) is 46.9 Å². The zero-order chi connectivity index (χ0) is 44.4. The lowest BCUT2D eigenvalue weighted by molar-refractivity contribution is -0.351. The van der Waals surface area contributed by atoms with Gasteiger partial charge in [0.2, 0.25) is 5.79 Å². The largest absolute Gasteiger partial charge is 0.508 e. The number of H-pyrrole nitrogens is 1. The molecule has 14 heteroatoms. The molecule has 4 aromatic carbocycles. The number of rotatable bonds is 4. The molecule has 5 aliphatic carbocycles. The molecule has 14 rings (SSSR count). The molecule has 2 spiro atoms. The van der Waals surface area contributed by atoms with Crippen molar-refractivity contribution in [3.05, 3.63) is 95.7 Å². The molecule has 16 atom stereocenters. The van der Waals surface area contributed by atoms with Gasteiger partial charge in [-0.1, -0.05) is 70.1 Å². The van der Waals surface area contributed by atoms with E-state index in [1.165, 1.54) is 11.6 Å². The third-order valence-corrected chi connectivity index (χ3v) is 20.7. The van der Waals surface area contributed by atoms with Crippen molar-refractivity contribution < 1.29 is 49.6 Å². The van der Waals surface area contributed by atoms with Gasteiger partial charge in [-0.05, 0) is 132 Å². The fourth-order valence-corrected chi connectivity index (χ4v) is 18.6.